The number of hydrogen-bond donors (Lipinski definition) is 1. The van der Waals surface area contributed by atoms with Crippen molar-refractivity contribution in [1.82, 2.24) is 10.1 Å². The van der Waals surface area contributed by atoms with Gasteiger partial charge in [0.2, 0.25) is 5.76 Å². The first-order valence-electron chi connectivity index (χ1n) is 8.14. The fourth-order valence-electron chi connectivity index (χ4n) is 3.05. The van der Waals surface area contributed by atoms with Crippen LogP contribution in [0.2, 0.25) is 0 Å². The van der Waals surface area contributed by atoms with Gasteiger partial charge in [0.05, 0.1) is 33.0 Å². The number of ether oxygens (including phenoxy) is 2. The highest BCUT2D eigenvalue weighted by atomic mass is 16.5. The van der Waals surface area contributed by atoms with Gasteiger partial charge in [-0.1, -0.05) is 19.0 Å². The van der Waals surface area contributed by atoms with Crippen molar-refractivity contribution < 1.29 is 23.9 Å². The summed E-state index contributed by atoms with van der Waals surface area (Å²) >= 11 is 0. The van der Waals surface area contributed by atoms with Gasteiger partial charge in [-0.15, -0.1) is 0 Å². The molecule has 3 rings (SSSR count). The topological polar surface area (TPSA) is 85.0 Å². The number of fused-ring (bicyclic) bond motifs is 1. The molecule has 0 saturated carbocycles. The number of carbonyl (C=O) groups excluding carboxylic acids is 1. The third-order valence-electron chi connectivity index (χ3n) is 4.41. The van der Waals surface area contributed by atoms with Crippen LogP contribution in [0.25, 0.3) is 0 Å². The van der Waals surface area contributed by atoms with E-state index in [-0.39, 0.29) is 24.1 Å². The summed E-state index contributed by atoms with van der Waals surface area (Å²) in [5.41, 5.74) is 2.12. The highest BCUT2D eigenvalue weighted by Gasteiger charge is 2.33. The average Bonchev–Trinajstić information content (AvgIpc) is 3.10. The molecule has 1 aromatic heterocycles. The lowest BCUT2D eigenvalue weighted by molar-refractivity contribution is 0.0502. The number of β-amino-alcohol motifs (C(OH)–C–C–N with tert-alkyl or cyclic N) is 1. The second kappa shape index (κ2) is 6.76. The first-order valence-corrected chi connectivity index (χ1v) is 8.14. The molecule has 0 bridgehead atoms. The van der Waals surface area contributed by atoms with E-state index in [2.05, 4.69) is 5.16 Å². The van der Waals surface area contributed by atoms with Crippen LogP contribution in [0.4, 0.5) is 0 Å². The monoisotopic (exact) mass is 346 g/mol. The zero-order chi connectivity index (χ0) is 18.1. The van der Waals surface area contributed by atoms with Crippen LogP contribution in [-0.4, -0.2) is 41.8 Å². The summed E-state index contributed by atoms with van der Waals surface area (Å²) in [6.45, 7) is 4.39. The van der Waals surface area contributed by atoms with Crippen molar-refractivity contribution in [2.75, 3.05) is 20.8 Å². The van der Waals surface area contributed by atoms with Crippen molar-refractivity contribution in [1.29, 1.82) is 0 Å². The lowest BCUT2D eigenvalue weighted by Gasteiger charge is -2.33. The number of methoxy groups -OCH3 is 2. The second-order valence-electron chi connectivity index (χ2n) is 6.33. The van der Waals surface area contributed by atoms with E-state index in [0.717, 1.165) is 11.3 Å². The first-order chi connectivity index (χ1) is 12.0. The Morgan fingerprint density at radius 3 is 2.60 bits per heavy atom. The fourth-order valence-corrected chi connectivity index (χ4v) is 3.05. The highest BCUT2D eigenvalue weighted by Crippen LogP contribution is 2.39. The molecule has 7 nitrogen and oxygen atoms in total. The van der Waals surface area contributed by atoms with Crippen LogP contribution in [0, 0.1) is 0 Å². The molecule has 1 aromatic carbocycles. The molecule has 2 aromatic rings. The average molecular weight is 346 g/mol. The molecule has 7 heteroatoms. The lowest BCUT2D eigenvalue weighted by atomic mass is 9.95. The molecule has 1 amide bonds. The summed E-state index contributed by atoms with van der Waals surface area (Å²) in [5, 5.41) is 14.5. The van der Waals surface area contributed by atoms with E-state index in [4.69, 9.17) is 14.0 Å². The number of aliphatic hydroxyl groups is 1. The van der Waals surface area contributed by atoms with Crippen LogP contribution < -0.4 is 9.47 Å². The molecule has 0 fully saturated rings. The summed E-state index contributed by atoms with van der Waals surface area (Å²) in [7, 11) is 3.11. The maximum Gasteiger partial charge on any atom is 0.292 e. The van der Waals surface area contributed by atoms with Gasteiger partial charge in [-0.3, -0.25) is 4.79 Å². The number of amides is 1. The predicted octanol–water partition coefficient (Wildman–Crippen LogP) is 2.50. The summed E-state index contributed by atoms with van der Waals surface area (Å²) in [5.74, 6) is 1.21. The van der Waals surface area contributed by atoms with Crippen LogP contribution in [0.5, 0.6) is 11.5 Å². The van der Waals surface area contributed by atoms with Gasteiger partial charge in [-0.25, -0.2) is 0 Å². The molecule has 1 aliphatic rings. The molecule has 0 aliphatic carbocycles. The van der Waals surface area contributed by atoms with Crippen LogP contribution in [0.1, 0.15) is 53.2 Å². The van der Waals surface area contributed by atoms with Crippen LogP contribution in [-0.2, 0) is 6.54 Å². The van der Waals surface area contributed by atoms with E-state index in [1.54, 1.807) is 32.4 Å². The molecule has 0 saturated heterocycles. The van der Waals surface area contributed by atoms with E-state index >= 15 is 0 Å². The van der Waals surface area contributed by atoms with Gasteiger partial charge in [-0.05, 0) is 18.1 Å². The number of aromatic nitrogens is 1. The minimum Gasteiger partial charge on any atom is -0.496 e. The number of nitrogens with zero attached hydrogens (tertiary/aromatic N) is 2. The second-order valence-corrected chi connectivity index (χ2v) is 6.33. The molecule has 1 aliphatic heterocycles. The predicted molar refractivity (Wildman–Crippen MR) is 89.8 cm³/mol. The molecular formula is C18H22N2O5. The van der Waals surface area contributed by atoms with Gasteiger partial charge in [0.1, 0.15) is 17.6 Å². The molecule has 1 atom stereocenters. The van der Waals surface area contributed by atoms with Crippen LogP contribution in [0.3, 0.4) is 0 Å². The van der Waals surface area contributed by atoms with E-state index < -0.39 is 6.10 Å². The summed E-state index contributed by atoms with van der Waals surface area (Å²) in [6.07, 6.45) is -0.870. The minimum absolute atomic E-state index is 0.146. The van der Waals surface area contributed by atoms with Crippen molar-refractivity contribution >= 4 is 5.91 Å². The van der Waals surface area contributed by atoms with E-state index in [1.165, 1.54) is 4.90 Å². The van der Waals surface area contributed by atoms with Gasteiger partial charge in [0.25, 0.3) is 5.91 Å². The number of benzene rings is 1. The number of aliphatic hydroxyl groups excluding tert-OH is 1. The van der Waals surface area contributed by atoms with E-state index in [1.807, 2.05) is 13.8 Å². The maximum absolute atomic E-state index is 12.8. The van der Waals surface area contributed by atoms with Crippen molar-refractivity contribution in [3.63, 3.8) is 0 Å². The number of carbonyl (C=O) groups is 1. The zero-order valence-electron chi connectivity index (χ0n) is 14.8. The number of rotatable bonds is 4. The Balaban J connectivity index is 1.93. The summed E-state index contributed by atoms with van der Waals surface area (Å²) < 4.78 is 15.9. The Bertz CT molecular complexity index is 784. The number of hydrogen-bond acceptors (Lipinski definition) is 6. The molecule has 0 spiro atoms. The molecular weight excluding hydrogens is 324 g/mol. The third-order valence-corrected chi connectivity index (χ3v) is 4.41. The molecule has 1 N–H and O–H groups in total. The third kappa shape index (κ3) is 3.07. The highest BCUT2D eigenvalue weighted by molar-refractivity contribution is 5.91. The Morgan fingerprint density at radius 1 is 1.32 bits per heavy atom. The zero-order valence-corrected chi connectivity index (χ0v) is 14.8. The van der Waals surface area contributed by atoms with Gasteiger partial charge in [-0.2, -0.15) is 0 Å². The SMILES string of the molecule is COc1ccc(OC)c2c1CN(C(=O)c1cc(C(C)C)no1)CC2O. The Hall–Kier alpha value is -2.54. The van der Waals surface area contributed by atoms with E-state index in [0.29, 0.717) is 23.6 Å². The van der Waals surface area contributed by atoms with Gasteiger partial charge in [0, 0.05) is 17.2 Å². The van der Waals surface area contributed by atoms with Gasteiger partial charge in [0.15, 0.2) is 0 Å². The lowest BCUT2D eigenvalue weighted by Crippen LogP contribution is -2.38. The standard InChI is InChI=1S/C18H22N2O5/c1-10(2)12-7-16(25-19-12)18(22)20-8-11-14(23-3)5-6-15(24-4)17(11)13(21)9-20/h5-7,10,13,21H,8-9H2,1-4H3. The normalized spacial score (nSPS) is 16.7. The van der Waals surface area contributed by atoms with Crippen molar-refractivity contribution in [3.05, 3.63) is 40.8 Å². The van der Waals surface area contributed by atoms with Gasteiger partial charge >= 0.3 is 0 Å². The largest absolute Gasteiger partial charge is 0.496 e. The Kier molecular flexibility index (Phi) is 4.67. The molecule has 0 radical (unpaired) electrons. The van der Waals surface area contributed by atoms with E-state index in [9.17, 15) is 9.90 Å². The minimum atomic E-state index is -0.870. The summed E-state index contributed by atoms with van der Waals surface area (Å²) in [6, 6.07) is 5.17. The van der Waals surface area contributed by atoms with Crippen molar-refractivity contribution in [2.45, 2.75) is 32.4 Å². The maximum atomic E-state index is 12.8. The van der Waals surface area contributed by atoms with Crippen LogP contribution >= 0.6 is 0 Å². The quantitative estimate of drug-likeness (QED) is 0.915. The first kappa shape index (κ1) is 17.3. The molecule has 134 valence electrons. The van der Waals surface area contributed by atoms with Crippen LogP contribution in [0.15, 0.2) is 22.7 Å². The molecule has 25 heavy (non-hydrogen) atoms. The molecule has 2 heterocycles. The van der Waals surface area contributed by atoms with Crippen molar-refractivity contribution in [3.8, 4) is 11.5 Å². The molecule has 1 unspecified atom stereocenters. The summed E-state index contributed by atoms with van der Waals surface area (Å²) in [4.78, 5) is 14.3. The fraction of sp³-hybridized carbons (Fsp3) is 0.444. The van der Waals surface area contributed by atoms with Gasteiger partial charge < -0.3 is 24.0 Å². The Morgan fingerprint density at radius 2 is 2.00 bits per heavy atom. The van der Waals surface area contributed by atoms with Crippen molar-refractivity contribution in [2.24, 2.45) is 0 Å². The smallest absolute Gasteiger partial charge is 0.292 e. The Labute approximate surface area is 146 Å².